The molecule has 0 aliphatic carbocycles. The van der Waals surface area contributed by atoms with Crippen molar-refractivity contribution >= 4 is 43.4 Å². The zero-order valence-electron chi connectivity index (χ0n) is 14.9. The summed E-state index contributed by atoms with van der Waals surface area (Å²) in [5, 5.41) is 2.86. The Bertz CT molecular complexity index is 993. The molecule has 1 aromatic heterocycles. The first-order valence-electron chi connectivity index (χ1n) is 8.28. The quantitative estimate of drug-likeness (QED) is 0.834. The van der Waals surface area contributed by atoms with Gasteiger partial charge in [-0.1, -0.05) is 11.3 Å². The number of amides is 1. The van der Waals surface area contributed by atoms with Crippen LogP contribution in [-0.4, -0.2) is 54.7 Å². The monoisotopic (exact) mass is 398 g/mol. The van der Waals surface area contributed by atoms with Crippen LogP contribution in [0.3, 0.4) is 0 Å². The number of nitrogens with zero attached hydrogens (tertiary/aromatic N) is 3. The van der Waals surface area contributed by atoms with E-state index in [4.69, 9.17) is 0 Å². The Balaban J connectivity index is 1.74. The van der Waals surface area contributed by atoms with Gasteiger partial charge in [0.2, 0.25) is 5.91 Å². The summed E-state index contributed by atoms with van der Waals surface area (Å²) in [4.78, 5) is 24.3. The average Bonchev–Trinajstić information content (AvgIpc) is 2.88. The number of rotatable bonds is 4. The maximum Gasteiger partial charge on any atom is 0.307 e. The van der Waals surface area contributed by atoms with Gasteiger partial charge < -0.3 is 9.88 Å². The number of nitrogens with one attached hydrogen (secondary N) is 1. The first-order valence-corrected chi connectivity index (χ1v) is 10.5. The van der Waals surface area contributed by atoms with Gasteiger partial charge in [-0.25, -0.2) is 0 Å². The van der Waals surface area contributed by atoms with Crippen molar-refractivity contribution in [1.82, 2.24) is 13.2 Å². The van der Waals surface area contributed by atoms with Crippen molar-refractivity contribution in [2.24, 2.45) is 13.0 Å². The number of carbonyl (C=O) groups is 1. The molecular weight excluding hydrogens is 376 g/mol. The summed E-state index contributed by atoms with van der Waals surface area (Å²) in [6.45, 7) is 0.599. The zero-order chi connectivity index (χ0) is 19.1. The molecule has 1 aliphatic rings. The maximum absolute atomic E-state index is 12.6. The minimum atomic E-state index is -3.52. The molecule has 0 spiro atoms. The molecule has 1 aliphatic heterocycles. The van der Waals surface area contributed by atoms with Gasteiger partial charge in [0.1, 0.15) is 0 Å². The summed E-state index contributed by atoms with van der Waals surface area (Å²) in [7, 11) is 1.16. The van der Waals surface area contributed by atoms with Gasteiger partial charge in [-0.05, 0) is 31.0 Å². The van der Waals surface area contributed by atoms with E-state index in [1.807, 2.05) is 0 Å². The van der Waals surface area contributed by atoms with Crippen LogP contribution in [0.4, 0.5) is 5.69 Å². The molecule has 0 unspecified atom stereocenters. The number of anilines is 1. The van der Waals surface area contributed by atoms with Gasteiger partial charge in [-0.2, -0.15) is 17.0 Å². The minimum absolute atomic E-state index is 0.0553. The lowest BCUT2D eigenvalue weighted by Gasteiger charge is -2.32. The molecule has 1 atom stereocenters. The molecule has 1 amide bonds. The minimum Gasteiger partial charge on any atom is -0.326 e. The van der Waals surface area contributed by atoms with Crippen LogP contribution in [0.2, 0.25) is 0 Å². The Morgan fingerprint density at radius 3 is 2.77 bits per heavy atom. The van der Waals surface area contributed by atoms with Crippen LogP contribution in [0.15, 0.2) is 23.0 Å². The normalized spacial score (nSPS) is 19.2. The van der Waals surface area contributed by atoms with E-state index in [-0.39, 0.29) is 17.3 Å². The van der Waals surface area contributed by atoms with Crippen molar-refractivity contribution in [1.29, 1.82) is 0 Å². The largest absolute Gasteiger partial charge is 0.326 e. The van der Waals surface area contributed by atoms with Crippen molar-refractivity contribution in [3.05, 3.63) is 27.9 Å². The fourth-order valence-electron chi connectivity index (χ4n) is 3.05. The SMILES string of the molecule is CN(C)S(=O)(=O)N1CCC[C@H](C(=O)Nc2ccc3c(c2)sc(=O)n3C)C1. The first kappa shape index (κ1) is 19.0. The number of piperidine rings is 1. The van der Waals surface area contributed by atoms with Crippen molar-refractivity contribution in [2.45, 2.75) is 12.8 Å². The molecule has 26 heavy (non-hydrogen) atoms. The predicted molar refractivity (Wildman–Crippen MR) is 103 cm³/mol. The molecule has 1 fully saturated rings. The van der Waals surface area contributed by atoms with Gasteiger partial charge in [0.25, 0.3) is 10.2 Å². The molecule has 142 valence electrons. The summed E-state index contributed by atoms with van der Waals surface area (Å²) >= 11 is 1.13. The van der Waals surface area contributed by atoms with E-state index in [1.165, 1.54) is 22.7 Å². The van der Waals surface area contributed by atoms with E-state index >= 15 is 0 Å². The molecular formula is C16H22N4O4S2. The molecule has 2 aromatic rings. The van der Waals surface area contributed by atoms with Crippen LogP contribution in [0.25, 0.3) is 10.2 Å². The standard InChI is InChI=1S/C16H22N4O4S2/c1-18(2)26(23,24)20-8-4-5-11(10-20)15(21)17-12-6-7-13-14(9-12)25-16(22)19(13)3/h6-7,9,11H,4-5,8,10H2,1-3H3,(H,17,21)/t11-/m0/s1. The van der Waals surface area contributed by atoms with Gasteiger partial charge in [0.05, 0.1) is 16.1 Å². The Labute approximate surface area is 156 Å². The molecule has 2 heterocycles. The second-order valence-corrected chi connectivity index (χ2v) is 9.72. The van der Waals surface area contributed by atoms with Crippen molar-refractivity contribution in [3.8, 4) is 0 Å². The van der Waals surface area contributed by atoms with Crippen molar-refractivity contribution < 1.29 is 13.2 Å². The van der Waals surface area contributed by atoms with Gasteiger partial charge >= 0.3 is 4.87 Å². The lowest BCUT2D eigenvalue weighted by molar-refractivity contribution is -0.120. The van der Waals surface area contributed by atoms with E-state index in [0.717, 1.165) is 21.6 Å². The number of fused-ring (bicyclic) bond motifs is 1. The fraction of sp³-hybridized carbons (Fsp3) is 0.500. The van der Waals surface area contributed by atoms with Crippen molar-refractivity contribution in [3.63, 3.8) is 0 Å². The highest BCUT2D eigenvalue weighted by atomic mass is 32.2. The van der Waals surface area contributed by atoms with E-state index < -0.39 is 16.1 Å². The topological polar surface area (TPSA) is 91.7 Å². The molecule has 3 rings (SSSR count). The highest BCUT2D eigenvalue weighted by Gasteiger charge is 2.33. The predicted octanol–water partition coefficient (Wildman–Crippen LogP) is 1.06. The number of hydrogen-bond acceptors (Lipinski definition) is 5. The zero-order valence-corrected chi connectivity index (χ0v) is 16.6. The van der Waals surface area contributed by atoms with Crippen LogP contribution < -0.4 is 10.2 Å². The van der Waals surface area contributed by atoms with Crippen LogP contribution in [0.5, 0.6) is 0 Å². The first-order chi connectivity index (χ1) is 12.2. The number of aromatic nitrogens is 1. The summed E-state index contributed by atoms with van der Waals surface area (Å²) in [5.41, 5.74) is 1.43. The lowest BCUT2D eigenvalue weighted by Crippen LogP contribution is -2.47. The maximum atomic E-state index is 12.6. The molecule has 8 nitrogen and oxygen atoms in total. The Kier molecular flexibility index (Phi) is 5.20. The third-order valence-electron chi connectivity index (χ3n) is 4.60. The Morgan fingerprint density at radius 1 is 1.35 bits per heavy atom. The molecule has 10 heteroatoms. The number of carbonyl (C=O) groups excluding carboxylic acids is 1. The smallest absolute Gasteiger partial charge is 0.307 e. The number of thiazole rings is 1. The summed E-state index contributed by atoms with van der Waals surface area (Å²) in [6, 6.07) is 5.33. The number of hydrogen-bond donors (Lipinski definition) is 1. The Morgan fingerprint density at radius 2 is 2.08 bits per heavy atom. The number of benzene rings is 1. The van der Waals surface area contributed by atoms with Crippen LogP contribution in [0, 0.1) is 5.92 Å². The highest BCUT2D eigenvalue weighted by Crippen LogP contribution is 2.24. The lowest BCUT2D eigenvalue weighted by atomic mass is 9.99. The second-order valence-electron chi connectivity index (χ2n) is 6.59. The van der Waals surface area contributed by atoms with Gasteiger partial charge in [-0.15, -0.1) is 0 Å². The van der Waals surface area contributed by atoms with Gasteiger partial charge in [0, 0.05) is 39.9 Å². The van der Waals surface area contributed by atoms with Gasteiger partial charge in [0.15, 0.2) is 0 Å². The highest BCUT2D eigenvalue weighted by molar-refractivity contribution is 7.86. The van der Waals surface area contributed by atoms with E-state index in [0.29, 0.717) is 25.1 Å². The summed E-state index contributed by atoms with van der Waals surface area (Å²) < 4.78 is 29.5. The molecule has 0 saturated carbocycles. The molecule has 0 bridgehead atoms. The van der Waals surface area contributed by atoms with Crippen LogP contribution in [-0.2, 0) is 22.1 Å². The fourth-order valence-corrected chi connectivity index (χ4v) is 5.16. The number of aryl methyl sites for hydroxylation is 1. The van der Waals surface area contributed by atoms with Gasteiger partial charge in [-0.3, -0.25) is 9.59 Å². The van der Waals surface area contributed by atoms with Crippen LogP contribution in [0.1, 0.15) is 12.8 Å². The van der Waals surface area contributed by atoms with E-state index in [2.05, 4.69) is 5.32 Å². The summed E-state index contributed by atoms with van der Waals surface area (Å²) in [5.74, 6) is -0.602. The summed E-state index contributed by atoms with van der Waals surface area (Å²) in [6.07, 6.45) is 1.29. The van der Waals surface area contributed by atoms with E-state index in [1.54, 1.807) is 29.8 Å². The average molecular weight is 399 g/mol. The molecule has 1 aromatic carbocycles. The van der Waals surface area contributed by atoms with Crippen LogP contribution >= 0.6 is 11.3 Å². The Hall–Kier alpha value is -1.75. The molecule has 1 saturated heterocycles. The van der Waals surface area contributed by atoms with Crippen molar-refractivity contribution in [2.75, 3.05) is 32.5 Å². The second kappa shape index (κ2) is 7.10. The molecule has 1 N–H and O–H groups in total. The van der Waals surface area contributed by atoms with E-state index in [9.17, 15) is 18.0 Å². The molecule has 0 radical (unpaired) electrons. The third kappa shape index (κ3) is 3.54. The third-order valence-corrected chi connectivity index (χ3v) is 7.50.